The summed E-state index contributed by atoms with van der Waals surface area (Å²) in [4.78, 5) is 66.8. The first kappa shape index (κ1) is 37.8. The molecule has 1 unspecified atom stereocenters. The van der Waals surface area contributed by atoms with Gasteiger partial charge in [0.25, 0.3) is 5.91 Å². The minimum Gasteiger partial charge on any atom is -0.497 e. The first-order valence-electron chi connectivity index (χ1n) is 18.9. The summed E-state index contributed by atoms with van der Waals surface area (Å²) in [5.74, 6) is -1.39. The highest BCUT2D eigenvalue weighted by molar-refractivity contribution is 7.91. The Kier molecular flexibility index (Phi) is 10.0. The van der Waals surface area contributed by atoms with Gasteiger partial charge in [-0.15, -0.1) is 6.58 Å². The van der Waals surface area contributed by atoms with Crippen LogP contribution < -0.4 is 24.8 Å². The summed E-state index contributed by atoms with van der Waals surface area (Å²) in [6, 6.07) is 3.20. The van der Waals surface area contributed by atoms with E-state index in [1.165, 1.54) is 11.0 Å². The van der Waals surface area contributed by atoms with Crippen LogP contribution in [-0.4, -0.2) is 95.8 Å². The summed E-state index contributed by atoms with van der Waals surface area (Å²) < 4.78 is 45.3. The first-order chi connectivity index (χ1) is 25.6. The Hall–Kier alpha value is -4.47. The zero-order chi connectivity index (χ0) is 38.6. The van der Waals surface area contributed by atoms with Gasteiger partial charge in [-0.05, 0) is 68.4 Å². The first-order valence-corrected chi connectivity index (χ1v) is 20.5. The van der Waals surface area contributed by atoms with Gasteiger partial charge in [0.2, 0.25) is 27.7 Å². The molecule has 2 aliphatic heterocycles. The lowest BCUT2D eigenvalue weighted by atomic mass is 9.85. The molecule has 292 valence electrons. The molecule has 0 spiro atoms. The Morgan fingerprint density at radius 2 is 1.85 bits per heavy atom. The normalized spacial score (nSPS) is 30.3. The van der Waals surface area contributed by atoms with Gasteiger partial charge in [0.1, 0.15) is 41.3 Å². The number of amides is 4. The van der Waals surface area contributed by atoms with E-state index in [0.717, 1.165) is 32.1 Å². The third-order valence-electron chi connectivity index (χ3n) is 11.3. The molecular formula is C38H50N6O9S. The number of aromatic nitrogens is 2. The van der Waals surface area contributed by atoms with Crippen molar-refractivity contribution in [1.29, 1.82) is 0 Å². The lowest BCUT2D eigenvalue weighted by Gasteiger charge is -2.35. The molecule has 4 amide bonds. The number of fused-ring (bicyclic) bond motifs is 5. The molecule has 0 radical (unpaired) electrons. The molecule has 3 N–H and O–H groups in total. The molecule has 1 aromatic heterocycles. The molecular weight excluding hydrogens is 717 g/mol. The minimum absolute atomic E-state index is 0.0245. The van der Waals surface area contributed by atoms with E-state index in [1.807, 2.05) is 32.9 Å². The highest BCUT2D eigenvalue weighted by Crippen LogP contribution is 2.46. The fourth-order valence-electron chi connectivity index (χ4n) is 7.64. The number of benzene rings is 1. The van der Waals surface area contributed by atoms with Crippen molar-refractivity contribution in [2.75, 3.05) is 13.7 Å². The van der Waals surface area contributed by atoms with Crippen molar-refractivity contribution in [3.8, 4) is 11.6 Å². The zero-order valence-electron chi connectivity index (χ0n) is 31.3. The average Bonchev–Trinajstić information content (AvgIpc) is 4.04. The fraction of sp³-hybridized carbons (Fsp3) is 0.632. The Balaban J connectivity index is 1.22. The summed E-state index contributed by atoms with van der Waals surface area (Å²) >= 11 is 0. The van der Waals surface area contributed by atoms with Gasteiger partial charge in [-0.1, -0.05) is 39.7 Å². The van der Waals surface area contributed by atoms with Crippen LogP contribution in [0.4, 0.5) is 4.79 Å². The van der Waals surface area contributed by atoms with Crippen LogP contribution in [0.1, 0.15) is 84.3 Å². The maximum Gasteiger partial charge on any atom is 0.408 e. The Morgan fingerprint density at radius 1 is 1.07 bits per heavy atom. The number of sulfonamides is 1. The molecule has 3 saturated carbocycles. The third-order valence-corrected chi connectivity index (χ3v) is 13.1. The molecule has 4 fully saturated rings. The molecule has 2 aromatic rings. The van der Waals surface area contributed by atoms with E-state index < -0.39 is 74.1 Å². The van der Waals surface area contributed by atoms with E-state index in [0.29, 0.717) is 47.6 Å². The number of hydrogen-bond donors (Lipinski definition) is 3. The number of rotatable bonds is 7. The summed E-state index contributed by atoms with van der Waals surface area (Å²) in [5, 5.41) is 4.96. The fourth-order valence-corrected chi connectivity index (χ4v) is 9.00. The molecule has 16 heteroatoms. The molecule has 7 rings (SSSR count). The van der Waals surface area contributed by atoms with E-state index >= 15 is 0 Å². The molecule has 1 aromatic carbocycles. The summed E-state index contributed by atoms with van der Waals surface area (Å²) in [7, 11) is -2.33. The van der Waals surface area contributed by atoms with E-state index in [9.17, 15) is 27.6 Å². The summed E-state index contributed by atoms with van der Waals surface area (Å²) in [6.07, 6.45) is 5.93. The van der Waals surface area contributed by atoms with Crippen LogP contribution in [0, 0.1) is 17.3 Å². The molecule has 15 nitrogen and oxygen atoms in total. The largest absolute Gasteiger partial charge is 0.497 e. The predicted octanol–water partition coefficient (Wildman–Crippen LogP) is 3.30. The van der Waals surface area contributed by atoms with Crippen molar-refractivity contribution in [2.24, 2.45) is 17.3 Å². The van der Waals surface area contributed by atoms with Gasteiger partial charge in [0.15, 0.2) is 0 Å². The second-order valence-electron chi connectivity index (χ2n) is 16.5. The van der Waals surface area contributed by atoms with Crippen LogP contribution in [0.2, 0.25) is 0 Å². The van der Waals surface area contributed by atoms with Crippen LogP contribution in [0.25, 0.3) is 11.0 Å². The van der Waals surface area contributed by atoms with Crippen molar-refractivity contribution in [2.45, 2.75) is 120 Å². The van der Waals surface area contributed by atoms with Gasteiger partial charge in [0.05, 0.1) is 29.9 Å². The van der Waals surface area contributed by atoms with Crippen molar-refractivity contribution >= 4 is 44.9 Å². The van der Waals surface area contributed by atoms with E-state index in [1.54, 1.807) is 13.2 Å². The lowest BCUT2D eigenvalue weighted by Crippen LogP contribution is -2.60. The number of nitrogens with one attached hydrogen (secondary N) is 3. The van der Waals surface area contributed by atoms with Gasteiger partial charge in [0, 0.05) is 18.4 Å². The maximum atomic E-state index is 14.6. The van der Waals surface area contributed by atoms with Crippen LogP contribution in [-0.2, 0) is 35.6 Å². The zero-order valence-corrected chi connectivity index (χ0v) is 32.1. The van der Waals surface area contributed by atoms with Crippen molar-refractivity contribution < 1.29 is 41.8 Å². The second-order valence-corrected chi connectivity index (χ2v) is 18.4. The van der Waals surface area contributed by atoms with Crippen molar-refractivity contribution in [1.82, 2.24) is 30.2 Å². The number of hydrogen-bond acceptors (Lipinski definition) is 11. The van der Waals surface area contributed by atoms with E-state index in [4.69, 9.17) is 24.2 Å². The predicted molar refractivity (Wildman–Crippen MR) is 197 cm³/mol. The van der Waals surface area contributed by atoms with Crippen molar-refractivity contribution in [3.63, 3.8) is 0 Å². The number of ether oxygens (including phenoxy) is 3. The van der Waals surface area contributed by atoms with Gasteiger partial charge >= 0.3 is 6.09 Å². The summed E-state index contributed by atoms with van der Waals surface area (Å²) in [6.45, 7) is 9.18. The Labute approximate surface area is 315 Å². The molecule has 3 aliphatic carbocycles. The second kappa shape index (κ2) is 14.3. The van der Waals surface area contributed by atoms with E-state index in [-0.39, 0.29) is 31.4 Å². The van der Waals surface area contributed by atoms with Crippen LogP contribution in [0.3, 0.4) is 0 Å². The Bertz CT molecular complexity index is 1960. The van der Waals surface area contributed by atoms with Gasteiger partial charge in [-0.25, -0.2) is 23.2 Å². The van der Waals surface area contributed by atoms with Gasteiger partial charge in [-0.2, -0.15) is 0 Å². The van der Waals surface area contributed by atoms with Crippen LogP contribution in [0.15, 0.2) is 30.9 Å². The van der Waals surface area contributed by atoms with Gasteiger partial charge < -0.3 is 29.7 Å². The number of aryl methyl sites for hydroxylation is 1. The number of carbonyl (C=O) groups excluding carboxylic acids is 4. The quantitative estimate of drug-likeness (QED) is 0.350. The monoisotopic (exact) mass is 766 g/mol. The highest BCUT2D eigenvalue weighted by Gasteiger charge is 2.62. The van der Waals surface area contributed by atoms with Crippen LogP contribution in [0.5, 0.6) is 11.6 Å². The number of methoxy groups -OCH3 is 1. The van der Waals surface area contributed by atoms with E-state index in [2.05, 4.69) is 21.9 Å². The Morgan fingerprint density at radius 3 is 2.54 bits per heavy atom. The molecule has 3 heterocycles. The number of carbonyl (C=O) groups is 4. The highest BCUT2D eigenvalue weighted by atomic mass is 32.2. The number of alkyl carbamates (subject to hydrolysis) is 1. The number of nitrogens with zero attached hydrogens (tertiary/aromatic N) is 3. The topological polar surface area (TPSA) is 195 Å². The molecule has 54 heavy (non-hydrogen) atoms. The molecule has 1 saturated heterocycles. The minimum atomic E-state index is -3.90. The summed E-state index contributed by atoms with van der Waals surface area (Å²) in [5.41, 5.74) is -0.451. The SMILES string of the molecule is C=C[C@@H]1C[C@]1(NC(=O)[C@@H]1C[C@H]2CN1C(=O)[C@H](C(C)(C)C)NC(=O)O[C@@H]1CC1CCCCCc1nc3ccc(OC)cc3nc1O2)C(=O)NS(=O)(=O)C1CC1. The maximum absolute atomic E-state index is 14.6. The smallest absolute Gasteiger partial charge is 0.408 e. The lowest BCUT2D eigenvalue weighted by molar-refractivity contribution is -0.142. The van der Waals surface area contributed by atoms with Crippen molar-refractivity contribution in [3.05, 3.63) is 36.5 Å². The molecule has 7 atom stereocenters. The molecule has 5 aliphatic rings. The van der Waals surface area contributed by atoms with Crippen LogP contribution >= 0.6 is 0 Å². The third kappa shape index (κ3) is 7.85. The standard InChI is InChI=1S/C38H50N6O9S/c1-6-22-19-38(22,35(47)43-54(49,50)25-13-14-25)42-32(45)29-18-24-20-44(29)34(46)31(37(2,3)4)41-36(48)53-30-16-21(30)10-8-7-9-11-27-33(52-24)40-28-17-23(51-5)12-15-26(28)39-27/h6,12,15,17,21-22,24-25,29-31H,1,7-11,13-14,16,18-20H2,2-5H3,(H,41,48)(H,42,45)(H,43,47)/t21?,22-,24+,29+,30-,31-,38-/m1/s1. The molecule has 2 bridgehead atoms. The van der Waals surface area contributed by atoms with Gasteiger partial charge in [-0.3, -0.25) is 19.1 Å². The average molecular weight is 767 g/mol.